The monoisotopic (exact) mass is 437 g/mol. The largest absolute Gasteiger partial charge is 0.494 e. The summed E-state index contributed by atoms with van der Waals surface area (Å²) < 4.78 is 53.9. The van der Waals surface area contributed by atoms with Gasteiger partial charge in [0.25, 0.3) is 0 Å². The van der Waals surface area contributed by atoms with Gasteiger partial charge in [0.2, 0.25) is 5.52 Å². The summed E-state index contributed by atoms with van der Waals surface area (Å²) >= 11 is 0. The zero-order valence-electron chi connectivity index (χ0n) is 17.2. The van der Waals surface area contributed by atoms with E-state index in [1.54, 1.807) is 27.7 Å². The van der Waals surface area contributed by atoms with E-state index in [2.05, 4.69) is 5.32 Å². The molecule has 0 aliphatic carbocycles. The topological polar surface area (TPSA) is 92.3 Å². The van der Waals surface area contributed by atoms with Crippen LogP contribution >= 0.6 is 15.2 Å². The second-order valence-electron chi connectivity index (χ2n) is 5.59. The molecule has 0 atom stereocenters. The number of nitrogens with one attached hydrogen (secondary N) is 1. The first kappa shape index (κ1) is 25.3. The van der Waals surface area contributed by atoms with Crippen LogP contribution in [0, 0.1) is 0 Å². The van der Waals surface area contributed by atoms with E-state index in [1.807, 2.05) is 30.3 Å². The second-order valence-corrected chi connectivity index (χ2v) is 10.2. The number of ether oxygens (including phenoxy) is 1. The van der Waals surface area contributed by atoms with E-state index in [9.17, 15) is 9.13 Å². The summed E-state index contributed by atoms with van der Waals surface area (Å²) in [6, 6.07) is 9.44. The van der Waals surface area contributed by atoms with Crippen LogP contribution in [0.4, 0.5) is 0 Å². The highest BCUT2D eigenvalue weighted by Gasteiger charge is 2.50. The van der Waals surface area contributed by atoms with Crippen molar-refractivity contribution in [2.75, 3.05) is 39.6 Å². The van der Waals surface area contributed by atoms with Crippen LogP contribution in [0.3, 0.4) is 0 Å². The molecular formula is C18H33NO7P2. The second kappa shape index (κ2) is 13.5. The number of rotatable bonds is 16. The first-order chi connectivity index (χ1) is 13.5. The molecule has 1 N–H and O–H groups in total. The van der Waals surface area contributed by atoms with E-state index in [0.717, 1.165) is 5.75 Å². The van der Waals surface area contributed by atoms with Gasteiger partial charge in [-0.05, 0) is 52.8 Å². The van der Waals surface area contributed by atoms with E-state index in [-0.39, 0.29) is 26.4 Å². The fourth-order valence-electron chi connectivity index (χ4n) is 2.48. The average molecular weight is 437 g/mol. The highest BCUT2D eigenvalue weighted by molar-refractivity contribution is 7.72. The Kier molecular flexibility index (Phi) is 12.2. The van der Waals surface area contributed by atoms with Crippen molar-refractivity contribution < 1.29 is 32.0 Å². The van der Waals surface area contributed by atoms with E-state index >= 15 is 0 Å². The van der Waals surface area contributed by atoms with Crippen LogP contribution < -0.4 is 10.1 Å². The van der Waals surface area contributed by atoms with Crippen molar-refractivity contribution in [2.24, 2.45) is 0 Å². The maximum atomic E-state index is 13.3. The number of hydrogen-bond acceptors (Lipinski definition) is 8. The van der Waals surface area contributed by atoms with Crippen LogP contribution in [0.2, 0.25) is 0 Å². The molecule has 0 fully saturated rings. The third kappa shape index (κ3) is 7.96. The smallest absolute Gasteiger partial charge is 0.359 e. The molecule has 1 rings (SSSR count). The van der Waals surface area contributed by atoms with Gasteiger partial charge in [0.05, 0.1) is 33.0 Å². The minimum Gasteiger partial charge on any atom is -0.494 e. The SMILES string of the molecule is CCOP(=O)(OCC)C(NCCCOc1ccccc1)P(=O)(OCC)OCC. The quantitative estimate of drug-likeness (QED) is 0.290. The molecule has 28 heavy (non-hydrogen) atoms. The minimum absolute atomic E-state index is 0.144. The summed E-state index contributed by atoms with van der Waals surface area (Å²) in [4.78, 5) is 0. The van der Waals surface area contributed by atoms with Crippen LogP contribution in [0.5, 0.6) is 5.75 Å². The fraction of sp³-hybridized carbons (Fsp3) is 0.667. The average Bonchev–Trinajstić information content (AvgIpc) is 2.66. The molecule has 0 amide bonds. The van der Waals surface area contributed by atoms with Crippen LogP contribution in [-0.2, 0) is 27.2 Å². The van der Waals surface area contributed by atoms with Crippen molar-refractivity contribution in [3.8, 4) is 5.75 Å². The molecule has 0 aromatic heterocycles. The molecule has 0 spiro atoms. The molecule has 0 heterocycles. The maximum Gasteiger partial charge on any atom is 0.359 e. The zero-order valence-corrected chi connectivity index (χ0v) is 19.0. The molecule has 10 heteroatoms. The van der Waals surface area contributed by atoms with Crippen LogP contribution in [0.1, 0.15) is 34.1 Å². The van der Waals surface area contributed by atoms with Gasteiger partial charge in [-0.25, -0.2) is 0 Å². The number of benzene rings is 1. The van der Waals surface area contributed by atoms with E-state index < -0.39 is 20.7 Å². The van der Waals surface area contributed by atoms with Gasteiger partial charge in [0.15, 0.2) is 0 Å². The normalized spacial score (nSPS) is 12.5. The van der Waals surface area contributed by atoms with E-state index in [1.165, 1.54) is 0 Å². The molecule has 0 unspecified atom stereocenters. The Balaban J connectivity index is 2.84. The molecule has 0 aliphatic rings. The summed E-state index contributed by atoms with van der Waals surface area (Å²) in [6.45, 7) is 8.17. The molecule has 162 valence electrons. The highest BCUT2D eigenvalue weighted by Crippen LogP contribution is 2.69. The van der Waals surface area contributed by atoms with Gasteiger partial charge in [-0.15, -0.1) is 0 Å². The predicted molar refractivity (Wildman–Crippen MR) is 110 cm³/mol. The summed E-state index contributed by atoms with van der Waals surface area (Å²) in [5.74, 6) is 0.766. The van der Waals surface area contributed by atoms with Crippen molar-refractivity contribution >= 4 is 15.2 Å². The zero-order chi connectivity index (χ0) is 20.9. The van der Waals surface area contributed by atoms with Gasteiger partial charge in [0.1, 0.15) is 5.75 Å². The van der Waals surface area contributed by atoms with Gasteiger partial charge in [0, 0.05) is 0 Å². The van der Waals surface area contributed by atoms with Gasteiger partial charge in [-0.3, -0.25) is 14.4 Å². The summed E-state index contributed by atoms with van der Waals surface area (Å²) in [5.41, 5.74) is -1.21. The molecule has 0 radical (unpaired) electrons. The van der Waals surface area contributed by atoms with Gasteiger partial charge < -0.3 is 22.8 Å². The summed E-state index contributed by atoms with van der Waals surface area (Å²) in [5, 5.41) is 3.02. The molecule has 1 aromatic carbocycles. The van der Waals surface area contributed by atoms with E-state index in [4.69, 9.17) is 22.8 Å². The molecule has 0 saturated heterocycles. The predicted octanol–water partition coefficient (Wildman–Crippen LogP) is 4.86. The standard InChI is InChI=1S/C18H33NO7P2/c1-5-23-27(20,24-6-2)18(28(21,25-7-3)26-8-4)19-15-12-16-22-17-13-10-9-11-14-17/h9-11,13-14,18-19H,5-8,12,15-16H2,1-4H3. The lowest BCUT2D eigenvalue weighted by Gasteiger charge is -2.31. The van der Waals surface area contributed by atoms with Gasteiger partial charge in [-0.2, -0.15) is 0 Å². The van der Waals surface area contributed by atoms with Gasteiger partial charge in [-0.1, -0.05) is 18.2 Å². The van der Waals surface area contributed by atoms with Crippen LogP contribution in [0.25, 0.3) is 0 Å². The lowest BCUT2D eigenvalue weighted by molar-refractivity contribution is 0.189. The Morgan fingerprint density at radius 1 is 0.821 bits per heavy atom. The molecule has 0 bridgehead atoms. The Hall–Kier alpha value is -0.720. The van der Waals surface area contributed by atoms with Crippen molar-refractivity contribution in [3.05, 3.63) is 30.3 Å². The number of para-hydroxylation sites is 1. The van der Waals surface area contributed by atoms with Crippen LogP contribution in [-0.4, -0.2) is 45.1 Å². The van der Waals surface area contributed by atoms with Crippen molar-refractivity contribution in [1.82, 2.24) is 5.32 Å². The first-order valence-corrected chi connectivity index (χ1v) is 12.9. The summed E-state index contributed by atoms with van der Waals surface area (Å²) in [6.07, 6.45) is 0.585. The van der Waals surface area contributed by atoms with Crippen molar-refractivity contribution in [2.45, 2.75) is 39.6 Å². The third-order valence-corrected chi connectivity index (χ3v) is 9.23. The highest BCUT2D eigenvalue weighted by atomic mass is 31.2. The van der Waals surface area contributed by atoms with Crippen LogP contribution in [0.15, 0.2) is 30.3 Å². The fourth-order valence-corrected chi connectivity index (χ4v) is 7.53. The number of hydrogen-bond donors (Lipinski definition) is 1. The third-order valence-electron chi connectivity index (χ3n) is 3.50. The Morgan fingerprint density at radius 3 is 1.71 bits per heavy atom. The van der Waals surface area contributed by atoms with Gasteiger partial charge >= 0.3 is 15.2 Å². The Bertz CT molecular complexity index is 580. The lowest BCUT2D eigenvalue weighted by atomic mass is 10.3. The molecular weight excluding hydrogens is 404 g/mol. The molecule has 1 aromatic rings. The molecule has 0 aliphatic heterocycles. The lowest BCUT2D eigenvalue weighted by Crippen LogP contribution is -2.33. The Morgan fingerprint density at radius 2 is 1.29 bits per heavy atom. The first-order valence-electron chi connectivity index (χ1n) is 9.64. The molecule has 0 saturated carbocycles. The van der Waals surface area contributed by atoms with Crippen molar-refractivity contribution in [3.63, 3.8) is 0 Å². The van der Waals surface area contributed by atoms with Crippen molar-refractivity contribution in [1.29, 1.82) is 0 Å². The Labute approximate surface area is 168 Å². The minimum atomic E-state index is -3.78. The maximum absolute atomic E-state index is 13.3. The molecule has 8 nitrogen and oxygen atoms in total. The van der Waals surface area contributed by atoms with E-state index in [0.29, 0.717) is 19.6 Å². The summed E-state index contributed by atoms with van der Waals surface area (Å²) in [7, 11) is -7.56.